The largest absolute Gasteiger partial charge is 0.368 e. The first-order valence-corrected chi connectivity index (χ1v) is 8.79. The number of halogens is 3. The fraction of sp³-hybridized carbons (Fsp3) is 0.375. The molecule has 9 heteroatoms. The molecular weight excluding hydrogens is 403 g/mol. The molecule has 1 aromatic carbocycles. The number of aryl methyl sites for hydroxylation is 1. The number of thiazole rings is 1. The van der Waals surface area contributed by atoms with Gasteiger partial charge in [-0.25, -0.2) is 4.98 Å². The Morgan fingerprint density at radius 3 is 2.56 bits per heavy atom. The third kappa shape index (κ3) is 4.99. The minimum atomic E-state index is -0.0107. The number of nitrogens with two attached hydrogens (primary N) is 1. The van der Waals surface area contributed by atoms with Gasteiger partial charge in [-0.1, -0.05) is 17.7 Å². The van der Waals surface area contributed by atoms with E-state index in [1.54, 1.807) is 5.38 Å². The topological polar surface area (TPSA) is 62.5 Å². The molecule has 2 aromatic rings. The molecule has 5 nitrogen and oxygen atoms in total. The lowest BCUT2D eigenvalue weighted by atomic mass is 10.1. The van der Waals surface area contributed by atoms with Crippen molar-refractivity contribution in [3.63, 3.8) is 0 Å². The fourth-order valence-electron chi connectivity index (χ4n) is 2.74. The van der Waals surface area contributed by atoms with E-state index in [-0.39, 0.29) is 30.7 Å². The van der Waals surface area contributed by atoms with E-state index in [0.29, 0.717) is 25.3 Å². The Labute approximate surface area is 169 Å². The highest BCUT2D eigenvalue weighted by molar-refractivity contribution is 7.09. The Morgan fingerprint density at radius 1 is 1.28 bits per heavy atom. The summed E-state index contributed by atoms with van der Waals surface area (Å²) < 4.78 is 0. The van der Waals surface area contributed by atoms with Gasteiger partial charge < -0.3 is 15.5 Å². The molecule has 0 aliphatic carbocycles. The van der Waals surface area contributed by atoms with E-state index in [4.69, 9.17) is 17.3 Å². The van der Waals surface area contributed by atoms with Gasteiger partial charge in [0.15, 0.2) is 0 Å². The molecule has 1 saturated heterocycles. The lowest BCUT2D eigenvalue weighted by Gasteiger charge is -2.36. The van der Waals surface area contributed by atoms with Crippen molar-refractivity contribution in [3.8, 4) is 0 Å². The van der Waals surface area contributed by atoms with Crippen molar-refractivity contribution in [1.82, 2.24) is 9.88 Å². The van der Waals surface area contributed by atoms with Crippen LogP contribution >= 0.6 is 47.8 Å². The van der Waals surface area contributed by atoms with Crippen LogP contribution in [0.4, 0.5) is 5.69 Å². The standard InChI is InChI=1S/C16H19ClN4OS.2ClH/c1-11-2-3-12(17)8-14(11)20-4-6-21(7-5-20)16(22)13-10-23-15(9-18)19-13;;/h2-3,8,10H,4-7,9,18H2,1H3;2*1H. The summed E-state index contributed by atoms with van der Waals surface area (Å²) in [6.07, 6.45) is 0. The maximum Gasteiger partial charge on any atom is 0.273 e. The van der Waals surface area contributed by atoms with Crippen molar-refractivity contribution >= 4 is 59.3 Å². The summed E-state index contributed by atoms with van der Waals surface area (Å²) in [5, 5.41) is 3.32. The maximum atomic E-state index is 12.5. The van der Waals surface area contributed by atoms with E-state index in [9.17, 15) is 4.79 Å². The molecule has 3 rings (SSSR count). The quantitative estimate of drug-likeness (QED) is 0.822. The van der Waals surface area contributed by atoms with Gasteiger partial charge in [-0.15, -0.1) is 36.2 Å². The second-order valence-corrected chi connectivity index (χ2v) is 6.92. The van der Waals surface area contributed by atoms with E-state index < -0.39 is 0 Å². The summed E-state index contributed by atoms with van der Waals surface area (Å²) in [7, 11) is 0. The molecule has 138 valence electrons. The van der Waals surface area contributed by atoms with Crippen molar-refractivity contribution in [2.75, 3.05) is 31.1 Å². The molecule has 0 saturated carbocycles. The van der Waals surface area contributed by atoms with Gasteiger partial charge >= 0.3 is 0 Å². The maximum absolute atomic E-state index is 12.5. The van der Waals surface area contributed by atoms with Crippen LogP contribution < -0.4 is 10.6 Å². The van der Waals surface area contributed by atoms with Crippen molar-refractivity contribution in [3.05, 3.63) is 44.9 Å². The average Bonchev–Trinajstić information content (AvgIpc) is 3.06. The predicted octanol–water partition coefficient (Wildman–Crippen LogP) is 3.37. The zero-order valence-electron chi connectivity index (χ0n) is 13.8. The number of rotatable bonds is 3. The van der Waals surface area contributed by atoms with Crippen molar-refractivity contribution < 1.29 is 4.79 Å². The zero-order valence-corrected chi connectivity index (χ0v) is 17.0. The highest BCUT2D eigenvalue weighted by atomic mass is 35.5. The van der Waals surface area contributed by atoms with Gasteiger partial charge in [0.1, 0.15) is 10.7 Å². The monoisotopic (exact) mass is 422 g/mol. The SMILES string of the molecule is Cc1ccc(Cl)cc1N1CCN(C(=O)c2csc(CN)n2)CC1.Cl.Cl. The Balaban J connectivity index is 0.00000156. The van der Waals surface area contributed by atoms with Gasteiger partial charge in [0, 0.05) is 48.8 Å². The Morgan fingerprint density at radius 2 is 1.96 bits per heavy atom. The number of carbonyl (C=O) groups excluding carboxylic acids is 1. The Kier molecular flexibility index (Phi) is 8.44. The lowest BCUT2D eigenvalue weighted by molar-refractivity contribution is 0.0741. The minimum absolute atomic E-state index is 0. The minimum Gasteiger partial charge on any atom is -0.368 e. The molecule has 1 amide bonds. The number of anilines is 1. The van der Waals surface area contributed by atoms with Crippen molar-refractivity contribution in [1.29, 1.82) is 0 Å². The van der Waals surface area contributed by atoms with Crippen LogP contribution in [0.2, 0.25) is 5.02 Å². The molecule has 2 heterocycles. The molecule has 1 aromatic heterocycles. The zero-order chi connectivity index (χ0) is 16.4. The molecule has 25 heavy (non-hydrogen) atoms. The molecule has 0 unspecified atom stereocenters. The highest BCUT2D eigenvalue weighted by Crippen LogP contribution is 2.25. The number of amides is 1. The normalized spacial score (nSPS) is 13.9. The van der Waals surface area contributed by atoms with E-state index in [0.717, 1.165) is 28.8 Å². The molecule has 0 bridgehead atoms. The lowest BCUT2D eigenvalue weighted by Crippen LogP contribution is -2.49. The summed E-state index contributed by atoms with van der Waals surface area (Å²) in [5.41, 5.74) is 8.40. The first-order chi connectivity index (χ1) is 11.1. The number of hydrogen-bond acceptors (Lipinski definition) is 5. The van der Waals surface area contributed by atoms with Crippen LogP contribution in [0.1, 0.15) is 21.1 Å². The van der Waals surface area contributed by atoms with E-state index in [2.05, 4.69) is 16.8 Å². The van der Waals surface area contributed by atoms with Crippen molar-refractivity contribution in [2.24, 2.45) is 5.73 Å². The Bertz CT molecular complexity index is 717. The number of nitrogens with zero attached hydrogens (tertiary/aromatic N) is 3. The highest BCUT2D eigenvalue weighted by Gasteiger charge is 2.24. The van der Waals surface area contributed by atoms with Crippen molar-refractivity contribution in [2.45, 2.75) is 13.5 Å². The second kappa shape index (κ2) is 9.59. The molecule has 1 aliphatic heterocycles. The van der Waals surface area contributed by atoms with Crippen LogP contribution in [0.5, 0.6) is 0 Å². The number of carbonyl (C=O) groups is 1. The van der Waals surface area contributed by atoms with Crippen LogP contribution in [0.3, 0.4) is 0 Å². The van der Waals surface area contributed by atoms with Gasteiger partial charge in [-0.3, -0.25) is 4.79 Å². The van der Waals surface area contributed by atoms with Gasteiger partial charge in [0.25, 0.3) is 5.91 Å². The third-order valence-electron chi connectivity index (χ3n) is 4.02. The smallest absolute Gasteiger partial charge is 0.273 e. The van der Waals surface area contributed by atoms with Crippen LogP contribution in [0, 0.1) is 6.92 Å². The molecule has 0 atom stereocenters. The van der Waals surface area contributed by atoms with Gasteiger partial charge in [-0.05, 0) is 24.6 Å². The van der Waals surface area contributed by atoms with Gasteiger partial charge in [0.2, 0.25) is 0 Å². The van der Waals surface area contributed by atoms with Crippen LogP contribution in [0.15, 0.2) is 23.6 Å². The van der Waals surface area contributed by atoms with Crippen LogP contribution in [-0.4, -0.2) is 42.0 Å². The first kappa shape index (κ1) is 22.0. The van der Waals surface area contributed by atoms with E-state index in [1.807, 2.05) is 23.1 Å². The first-order valence-electron chi connectivity index (χ1n) is 7.53. The molecule has 1 fully saturated rings. The molecule has 2 N–H and O–H groups in total. The number of benzene rings is 1. The molecule has 1 aliphatic rings. The average molecular weight is 424 g/mol. The predicted molar refractivity (Wildman–Crippen MR) is 109 cm³/mol. The van der Waals surface area contributed by atoms with E-state index in [1.165, 1.54) is 16.9 Å². The number of piperazine rings is 1. The third-order valence-corrected chi connectivity index (χ3v) is 5.13. The summed E-state index contributed by atoms with van der Waals surface area (Å²) >= 11 is 7.54. The summed E-state index contributed by atoms with van der Waals surface area (Å²) in [5.74, 6) is -0.0107. The molecule has 0 radical (unpaired) electrons. The second-order valence-electron chi connectivity index (χ2n) is 5.54. The molecule has 0 spiro atoms. The van der Waals surface area contributed by atoms with Gasteiger partial charge in [-0.2, -0.15) is 0 Å². The van der Waals surface area contributed by atoms with Crippen LogP contribution in [0.25, 0.3) is 0 Å². The van der Waals surface area contributed by atoms with Gasteiger partial charge in [0.05, 0.1) is 0 Å². The number of aromatic nitrogens is 1. The fourth-order valence-corrected chi connectivity index (χ4v) is 3.55. The molecular formula is C16H21Cl3N4OS. The number of hydrogen-bond donors (Lipinski definition) is 1. The van der Waals surface area contributed by atoms with Crippen LogP contribution in [-0.2, 0) is 6.54 Å². The van der Waals surface area contributed by atoms with E-state index >= 15 is 0 Å². The summed E-state index contributed by atoms with van der Waals surface area (Å²) in [6, 6.07) is 5.92. The Hall–Kier alpha value is -1.05. The summed E-state index contributed by atoms with van der Waals surface area (Å²) in [6.45, 7) is 5.40. The summed E-state index contributed by atoms with van der Waals surface area (Å²) in [4.78, 5) is 20.9.